The molecule has 0 aliphatic rings. The molecule has 0 saturated carbocycles. The molecule has 0 saturated heterocycles. The van der Waals surface area contributed by atoms with Crippen molar-refractivity contribution in [1.82, 2.24) is 0 Å². The maximum absolute atomic E-state index is 4.34. The summed E-state index contributed by atoms with van der Waals surface area (Å²) >= 11 is 6.27. The molecule has 0 aliphatic heterocycles. The number of thioether (sulfide) groups is 1. The maximum Gasteiger partial charge on any atom is 0.0188 e. The summed E-state index contributed by atoms with van der Waals surface area (Å²) in [5.74, 6) is 2.11. The van der Waals surface area contributed by atoms with Crippen molar-refractivity contribution in [1.29, 1.82) is 0 Å². The topological polar surface area (TPSA) is 0 Å². The normalized spacial score (nSPS) is 10.3. The fourth-order valence-corrected chi connectivity index (χ4v) is 2.70. The highest BCUT2D eigenvalue weighted by Crippen LogP contribution is 2.19. The van der Waals surface area contributed by atoms with E-state index in [1.807, 2.05) is 17.8 Å². The van der Waals surface area contributed by atoms with Gasteiger partial charge in [-0.2, -0.15) is 11.8 Å². The number of hydrogen-bond acceptors (Lipinski definition) is 2. The zero-order valence-electron chi connectivity index (χ0n) is 8.97. The summed E-state index contributed by atoms with van der Waals surface area (Å²) in [6.45, 7) is 0. The molecule has 0 amide bonds. The van der Waals surface area contributed by atoms with Gasteiger partial charge in [-0.3, -0.25) is 0 Å². The number of hydrogen-bond donors (Lipinski definition) is 1. The highest BCUT2D eigenvalue weighted by atomic mass is 32.2. The molecule has 0 heterocycles. The zero-order chi connectivity index (χ0) is 11.2. The average molecular weight is 246 g/mol. The second-order valence-electron chi connectivity index (χ2n) is 3.65. The quantitative estimate of drug-likeness (QED) is 0.780. The van der Waals surface area contributed by atoms with Crippen molar-refractivity contribution in [2.75, 3.05) is 0 Å². The summed E-state index contributed by atoms with van der Waals surface area (Å²) in [6.07, 6.45) is 0. The average Bonchev–Trinajstić information content (AvgIpc) is 2.30. The van der Waals surface area contributed by atoms with Gasteiger partial charge in [-0.25, -0.2) is 0 Å². The van der Waals surface area contributed by atoms with E-state index in [2.05, 4.69) is 61.2 Å². The van der Waals surface area contributed by atoms with Gasteiger partial charge >= 0.3 is 0 Å². The summed E-state index contributed by atoms with van der Waals surface area (Å²) in [6, 6.07) is 18.9. The molecule has 0 N–H and O–H groups in total. The minimum Gasteiger partial charge on any atom is -0.152 e. The summed E-state index contributed by atoms with van der Waals surface area (Å²) in [5, 5.41) is 0. The van der Waals surface area contributed by atoms with Gasteiger partial charge in [0.15, 0.2) is 0 Å². The van der Waals surface area contributed by atoms with Crippen molar-refractivity contribution in [2.24, 2.45) is 0 Å². The van der Waals surface area contributed by atoms with Crippen LogP contribution in [-0.4, -0.2) is 0 Å². The fourth-order valence-electron chi connectivity index (χ4n) is 1.51. The molecular weight excluding hydrogens is 232 g/mol. The molecule has 0 fully saturated rings. The van der Waals surface area contributed by atoms with Gasteiger partial charge in [0, 0.05) is 16.4 Å². The van der Waals surface area contributed by atoms with Crippen molar-refractivity contribution in [3.05, 3.63) is 65.7 Å². The smallest absolute Gasteiger partial charge is 0.0188 e. The van der Waals surface area contributed by atoms with E-state index in [4.69, 9.17) is 0 Å². The second-order valence-corrected chi connectivity index (χ2v) is 5.15. The van der Waals surface area contributed by atoms with E-state index in [-0.39, 0.29) is 0 Å². The number of rotatable bonds is 4. The first-order valence-electron chi connectivity index (χ1n) is 5.24. The minimum atomic E-state index is 1.04. The van der Waals surface area contributed by atoms with E-state index in [1.165, 1.54) is 11.1 Å². The molecule has 2 rings (SSSR count). The van der Waals surface area contributed by atoms with E-state index in [9.17, 15) is 0 Å². The van der Waals surface area contributed by atoms with Crippen LogP contribution in [0.3, 0.4) is 0 Å². The molecule has 0 bridgehead atoms. The Hall–Kier alpha value is -0.860. The first-order chi connectivity index (χ1) is 7.84. The summed E-state index contributed by atoms with van der Waals surface area (Å²) in [5.41, 5.74) is 2.72. The molecular formula is C14H14S2. The Morgan fingerprint density at radius 1 is 0.812 bits per heavy atom. The predicted octanol–water partition coefficient (Wildman–Crippen LogP) is 4.41. The Morgan fingerprint density at radius 3 is 2.25 bits per heavy atom. The van der Waals surface area contributed by atoms with E-state index in [0.29, 0.717) is 0 Å². The van der Waals surface area contributed by atoms with Crippen LogP contribution in [0.2, 0.25) is 0 Å². The fraction of sp³-hybridized carbons (Fsp3) is 0.143. The molecule has 2 aromatic carbocycles. The molecule has 82 valence electrons. The maximum atomic E-state index is 4.34. The molecule has 0 nitrogen and oxygen atoms in total. The van der Waals surface area contributed by atoms with Gasteiger partial charge in [-0.1, -0.05) is 42.5 Å². The molecule has 2 heteroatoms. The van der Waals surface area contributed by atoms with Crippen molar-refractivity contribution in [3.8, 4) is 0 Å². The number of benzene rings is 2. The monoisotopic (exact) mass is 246 g/mol. The summed E-state index contributed by atoms with van der Waals surface area (Å²) in [4.78, 5) is 1.04. The van der Waals surface area contributed by atoms with Crippen LogP contribution < -0.4 is 0 Å². The van der Waals surface area contributed by atoms with Crippen molar-refractivity contribution in [2.45, 2.75) is 16.4 Å². The van der Waals surface area contributed by atoms with Crippen molar-refractivity contribution < 1.29 is 0 Å². The first kappa shape index (κ1) is 11.6. The SMILES string of the molecule is Sc1cccc(CSCc2ccccc2)c1. The minimum absolute atomic E-state index is 1.04. The largest absolute Gasteiger partial charge is 0.152 e. The summed E-state index contributed by atoms with van der Waals surface area (Å²) in [7, 11) is 0. The lowest BCUT2D eigenvalue weighted by Gasteiger charge is -2.03. The van der Waals surface area contributed by atoms with Crippen LogP contribution in [0.5, 0.6) is 0 Å². The highest BCUT2D eigenvalue weighted by molar-refractivity contribution is 7.97. The van der Waals surface area contributed by atoms with Gasteiger partial charge in [0.2, 0.25) is 0 Å². The van der Waals surface area contributed by atoms with Gasteiger partial charge in [-0.15, -0.1) is 12.6 Å². The third-order valence-corrected chi connectivity index (χ3v) is 3.64. The molecule has 0 aromatic heterocycles. The van der Waals surface area contributed by atoms with E-state index in [1.54, 1.807) is 0 Å². The van der Waals surface area contributed by atoms with Gasteiger partial charge in [0.25, 0.3) is 0 Å². The molecule has 2 aromatic rings. The standard InChI is InChI=1S/C14H14S2/c15-14-8-4-7-13(9-14)11-16-10-12-5-2-1-3-6-12/h1-9,15H,10-11H2. The van der Waals surface area contributed by atoms with E-state index < -0.39 is 0 Å². The van der Waals surface area contributed by atoms with Gasteiger partial charge in [0.1, 0.15) is 0 Å². The van der Waals surface area contributed by atoms with Crippen molar-refractivity contribution >= 4 is 24.4 Å². The van der Waals surface area contributed by atoms with Crippen LogP contribution >= 0.6 is 24.4 Å². The lowest BCUT2D eigenvalue weighted by molar-refractivity contribution is 1.32. The molecule has 0 spiro atoms. The highest BCUT2D eigenvalue weighted by Gasteiger charge is 1.95. The van der Waals surface area contributed by atoms with Crippen LogP contribution in [0, 0.1) is 0 Å². The van der Waals surface area contributed by atoms with E-state index >= 15 is 0 Å². The lowest BCUT2D eigenvalue weighted by Crippen LogP contribution is -1.83. The third-order valence-electron chi connectivity index (χ3n) is 2.29. The summed E-state index contributed by atoms with van der Waals surface area (Å²) < 4.78 is 0. The first-order valence-corrected chi connectivity index (χ1v) is 6.84. The molecule has 0 unspecified atom stereocenters. The van der Waals surface area contributed by atoms with Crippen LogP contribution in [0.1, 0.15) is 11.1 Å². The van der Waals surface area contributed by atoms with Gasteiger partial charge < -0.3 is 0 Å². The Kier molecular flexibility index (Phi) is 4.37. The van der Waals surface area contributed by atoms with E-state index in [0.717, 1.165) is 16.4 Å². The molecule has 0 aliphatic carbocycles. The van der Waals surface area contributed by atoms with Crippen LogP contribution in [0.15, 0.2) is 59.5 Å². The Labute approximate surface area is 106 Å². The van der Waals surface area contributed by atoms with Gasteiger partial charge in [-0.05, 0) is 23.3 Å². The Morgan fingerprint density at radius 2 is 1.50 bits per heavy atom. The van der Waals surface area contributed by atoms with Crippen molar-refractivity contribution in [3.63, 3.8) is 0 Å². The zero-order valence-corrected chi connectivity index (χ0v) is 10.7. The molecule has 0 atom stereocenters. The Bertz CT molecular complexity index is 437. The second kappa shape index (κ2) is 6.02. The van der Waals surface area contributed by atoms with Crippen LogP contribution in [-0.2, 0) is 11.5 Å². The van der Waals surface area contributed by atoms with Crippen LogP contribution in [0.4, 0.5) is 0 Å². The van der Waals surface area contributed by atoms with Gasteiger partial charge in [0.05, 0.1) is 0 Å². The van der Waals surface area contributed by atoms with Crippen LogP contribution in [0.25, 0.3) is 0 Å². The third kappa shape index (κ3) is 3.62. The molecule has 16 heavy (non-hydrogen) atoms. The number of thiol groups is 1. The molecule has 0 radical (unpaired) electrons. The predicted molar refractivity (Wildman–Crippen MR) is 75.1 cm³/mol. The lowest BCUT2D eigenvalue weighted by atomic mass is 10.2. The Balaban J connectivity index is 1.85.